The van der Waals surface area contributed by atoms with E-state index in [2.05, 4.69) is 34.2 Å². The molecule has 0 unspecified atom stereocenters. The summed E-state index contributed by atoms with van der Waals surface area (Å²) >= 11 is 1.67. The fourth-order valence-corrected chi connectivity index (χ4v) is 2.31. The Labute approximate surface area is 85.2 Å². The van der Waals surface area contributed by atoms with E-state index in [1.54, 1.807) is 11.3 Å². The Bertz CT molecular complexity index is 551. The molecule has 0 atom stereocenters. The maximum atomic E-state index is 4.32. The van der Waals surface area contributed by atoms with E-state index in [0.717, 1.165) is 10.5 Å². The molecule has 0 spiro atoms. The lowest BCUT2D eigenvalue weighted by molar-refractivity contribution is 1.42. The molecule has 0 amide bonds. The molecule has 1 aromatic carbocycles. The fourth-order valence-electron chi connectivity index (χ4n) is 1.63. The Morgan fingerprint density at radius 1 is 1.21 bits per heavy atom. The Morgan fingerprint density at radius 3 is 3.07 bits per heavy atom. The van der Waals surface area contributed by atoms with Crippen molar-refractivity contribution in [2.45, 2.75) is 0 Å². The van der Waals surface area contributed by atoms with Gasteiger partial charge in [0.05, 0.1) is 0 Å². The summed E-state index contributed by atoms with van der Waals surface area (Å²) in [6.07, 6.45) is 3.80. The van der Waals surface area contributed by atoms with Crippen LogP contribution in [0.4, 0.5) is 0 Å². The number of aromatic nitrogens is 2. The normalized spacial score (nSPS) is 10.9. The van der Waals surface area contributed by atoms with Crippen LogP contribution in [0.5, 0.6) is 0 Å². The summed E-state index contributed by atoms with van der Waals surface area (Å²) in [6.45, 7) is 0. The van der Waals surface area contributed by atoms with Crippen LogP contribution in [-0.2, 0) is 0 Å². The minimum atomic E-state index is 1.08. The summed E-state index contributed by atoms with van der Waals surface area (Å²) in [5, 5.41) is 4.32. The van der Waals surface area contributed by atoms with Gasteiger partial charge in [-0.1, -0.05) is 12.1 Å². The number of nitrogens with zero attached hydrogens (tertiary/aromatic N) is 1. The van der Waals surface area contributed by atoms with Crippen molar-refractivity contribution in [2.24, 2.45) is 0 Å². The highest BCUT2D eigenvalue weighted by Crippen LogP contribution is 2.29. The van der Waals surface area contributed by atoms with E-state index in [4.69, 9.17) is 0 Å². The van der Waals surface area contributed by atoms with E-state index in [0.29, 0.717) is 0 Å². The number of fused-ring (bicyclic) bond motifs is 1. The first-order valence-electron chi connectivity index (χ1n) is 4.41. The van der Waals surface area contributed by atoms with E-state index in [1.165, 1.54) is 10.9 Å². The first-order chi connectivity index (χ1) is 6.95. The summed E-state index contributed by atoms with van der Waals surface area (Å²) in [6, 6.07) is 8.32. The zero-order valence-corrected chi connectivity index (χ0v) is 8.21. The van der Waals surface area contributed by atoms with Crippen molar-refractivity contribution in [2.75, 3.05) is 0 Å². The van der Waals surface area contributed by atoms with Crippen LogP contribution in [0.2, 0.25) is 0 Å². The molecule has 2 aromatic heterocycles. The Kier molecular flexibility index (Phi) is 1.64. The number of rotatable bonds is 1. The maximum Gasteiger partial charge on any atom is 0.123 e. The Balaban J connectivity index is 2.36. The molecule has 0 aliphatic carbocycles. The summed E-state index contributed by atoms with van der Waals surface area (Å²) in [4.78, 5) is 7.52. The van der Waals surface area contributed by atoms with Crippen molar-refractivity contribution < 1.29 is 0 Å². The number of H-pyrrole nitrogens is 1. The van der Waals surface area contributed by atoms with Gasteiger partial charge in [-0.15, -0.1) is 11.3 Å². The van der Waals surface area contributed by atoms with Crippen LogP contribution >= 0.6 is 11.3 Å². The van der Waals surface area contributed by atoms with E-state index < -0.39 is 0 Å². The summed E-state index contributed by atoms with van der Waals surface area (Å²) < 4.78 is 0. The van der Waals surface area contributed by atoms with Gasteiger partial charge >= 0.3 is 0 Å². The summed E-state index contributed by atoms with van der Waals surface area (Å²) in [5.74, 6) is 0. The number of hydrogen-bond acceptors (Lipinski definition) is 2. The molecule has 0 saturated heterocycles. The van der Waals surface area contributed by atoms with Crippen LogP contribution in [0.1, 0.15) is 0 Å². The molecule has 68 valence electrons. The quantitative estimate of drug-likeness (QED) is 0.641. The average molecular weight is 200 g/mol. The smallest absolute Gasteiger partial charge is 0.123 e. The van der Waals surface area contributed by atoms with Gasteiger partial charge in [0.15, 0.2) is 0 Å². The van der Waals surface area contributed by atoms with Crippen molar-refractivity contribution >= 4 is 22.2 Å². The first-order valence-corrected chi connectivity index (χ1v) is 5.29. The third-order valence-electron chi connectivity index (χ3n) is 2.26. The molecule has 0 radical (unpaired) electrons. The zero-order valence-electron chi connectivity index (χ0n) is 7.40. The molecule has 3 aromatic rings. The molecule has 3 heteroatoms. The van der Waals surface area contributed by atoms with Gasteiger partial charge in [-0.05, 0) is 12.1 Å². The summed E-state index contributed by atoms with van der Waals surface area (Å²) in [5.41, 5.74) is 2.37. The molecule has 1 N–H and O–H groups in total. The second-order valence-electron chi connectivity index (χ2n) is 3.08. The van der Waals surface area contributed by atoms with E-state index >= 15 is 0 Å². The van der Waals surface area contributed by atoms with Gasteiger partial charge in [0.1, 0.15) is 5.01 Å². The van der Waals surface area contributed by atoms with E-state index in [9.17, 15) is 0 Å². The van der Waals surface area contributed by atoms with Gasteiger partial charge in [0.25, 0.3) is 0 Å². The molecule has 2 nitrogen and oxygen atoms in total. The molecule has 0 saturated carbocycles. The second-order valence-corrected chi connectivity index (χ2v) is 3.98. The highest BCUT2D eigenvalue weighted by Gasteiger charge is 2.05. The second kappa shape index (κ2) is 2.96. The molecule has 0 bridgehead atoms. The van der Waals surface area contributed by atoms with Gasteiger partial charge < -0.3 is 4.98 Å². The zero-order chi connectivity index (χ0) is 9.38. The largest absolute Gasteiger partial charge is 0.361 e. The predicted octanol–water partition coefficient (Wildman–Crippen LogP) is 3.29. The fraction of sp³-hybridized carbons (Fsp3) is 0. The van der Waals surface area contributed by atoms with Gasteiger partial charge in [-0.3, -0.25) is 0 Å². The highest BCUT2D eigenvalue weighted by molar-refractivity contribution is 7.13. The molecular formula is C11H8N2S. The lowest BCUT2D eigenvalue weighted by Crippen LogP contribution is -1.76. The van der Waals surface area contributed by atoms with Crippen molar-refractivity contribution in [3.63, 3.8) is 0 Å². The molecule has 14 heavy (non-hydrogen) atoms. The average Bonchev–Trinajstić information content (AvgIpc) is 2.88. The van der Waals surface area contributed by atoms with Crippen molar-refractivity contribution in [1.29, 1.82) is 0 Å². The molecule has 0 fully saturated rings. The number of hydrogen-bond donors (Lipinski definition) is 1. The monoisotopic (exact) mass is 200 g/mol. The van der Waals surface area contributed by atoms with Crippen LogP contribution in [0.3, 0.4) is 0 Å². The number of aromatic amines is 1. The van der Waals surface area contributed by atoms with Crippen LogP contribution in [0, 0.1) is 0 Å². The van der Waals surface area contributed by atoms with Crippen LogP contribution in [0.15, 0.2) is 42.0 Å². The third kappa shape index (κ3) is 1.06. The maximum absolute atomic E-state index is 4.32. The minimum Gasteiger partial charge on any atom is -0.361 e. The number of nitrogens with one attached hydrogen (secondary N) is 1. The number of thiazole rings is 1. The van der Waals surface area contributed by atoms with E-state index in [1.807, 2.05) is 17.8 Å². The third-order valence-corrected chi connectivity index (χ3v) is 3.06. The van der Waals surface area contributed by atoms with Crippen LogP contribution in [0.25, 0.3) is 21.5 Å². The van der Waals surface area contributed by atoms with Gasteiger partial charge in [-0.2, -0.15) is 0 Å². The topological polar surface area (TPSA) is 28.7 Å². The molecule has 0 aliphatic heterocycles. The van der Waals surface area contributed by atoms with Crippen molar-refractivity contribution in [3.8, 4) is 10.6 Å². The Morgan fingerprint density at radius 2 is 2.21 bits per heavy atom. The molecule has 0 aliphatic rings. The standard InChI is InChI=1S/C11H8N2S/c1-2-9(11-13-6-7-14-11)8-4-5-12-10(8)3-1/h1-7,12H. The van der Waals surface area contributed by atoms with Gasteiger partial charge in [-0.25, -0.2) is 4.98 Å². The highest BCUT2D eigenvalue weighted by atomic mass is 32.1. The minimum absolute atomic E-state index is 1.08. The number of benzene rings is 1. The molecule has 2 heterocycles. The molecule has 3 rings (SSSR count). The van der Waals surface area contributed by atoms with Gasteiger partial charge in [0, 0.05) is 34.2 Å². The van der Waals surface area contributed by atoms with Crippen molar-refractivity contribution in [3.05, 3.63) is 42.0 Å². The lowest BCUT2D eigenvalue weighted by Gasteiger charge is -1.97. The Hall–Kier alpha value is -1.61. The first kappa shape index (κ1) is 7.76. The molecular weight excluding hydrogens is 192 g/mol. The van der Waals surface area contributed by atoms with Gasteiger partial charge in [0.2, 0.25) is 0 Å². The summed E-state index contributed by atoms with van der Waals surface area (Å²) in [7, 11) is 0. The van der Waals surface area contributed by atoms with Crippen molar-refractivity contribution in [1.82, 2.24) is 9.97 Å². The van der Waals surface area contributed by atoms with Crippen LogP contribution < -0.4 is 0 Å². The predicted molar refractivity (Wildman–Crippen MR) is 59.4 cm³/mol. The lowest BCUT2D eigenvalue weighted by atomic mass is 10.1. The van der Waals surface area contributed by atoms with E-state index in [-0.39, 0.29) is 0 Å². The van der Waals surface area contributed by atoms with Crippen LogP contribution in [-0.4, -0.2) is 9.97 Å². The SMILES string of the molecule is c1cc(-c2nccs2)c2cc[nH]c2c1.